The van der Waals surface area contributed by atoms with Crippen LogP contribution in [-0.4, -0.2) is 65.8 Å². The molecule has 0 bridgehead atoms. The Bertz CT molecular complexity index is 435. The summed E-state index contributed by atoms with van der Waals surface area (Å²) in [5.41, 5.74) is 1.18. The van der Waals surface area contributed by atoms with Crippen LogP contribution in [0.5, 0.6) is 0 Å². The first-order chi connectivity index (χ1) is 10.0. The Labute approximate surface area is 125 Å². The number of hydrogen-bond donors (Lipinski definition) is 1. The fourth-order valence-electron chi connectivity index (χ4n) is 2.99. The maximum atomic E-state index is 12.8. The van der Waals surface area contributed by atoms with Gasteiger partial charge in [0, 0.05) is 19.6 Å². The average Bonchev–Trinajstić information content (AvgIpc) is 2.93. The van der Waals surface area contributed by atoms with Gasteiger partial charge in [0.05, 0.1) is 19.3 Å². The molecule has 6 nitrogen and oxygen atoms in total. The summed E-state index contributed by atoms with van der Waals surface area (Å²) in [5, 5.41) is 9.29. The standard InChI is InChI=1S/C15H24N2O4/c1-3-6-17(13-10-21-9-12(13)14(18)19)15(20)16-7-4-5-11(2)8-16/h5,12-13H,3-4,6-10H2,1-2H3,(H,18,19). The van der Waals surface area contributed by atoms with Gasteiger partial charge in [-0.3, -0.25) is 4.79 Å². The molecule has 2 unspecified atom stereocenters. The van der Waals surface area contributed by atoms with Crippen LogP contribution >= 0.6 is 0 Å². The molecule has 118 valence electrons. The quantitative estimate of drug-likeness (QED) is 0.799. The van der Waals surface area contributed by atoms with Gasteiger partial charge in [-0.1, -0.05) is 18.6 Å². The maximum Gasteiger partial charge on any atom is 0.320 e. The van der Waals surface area contributed by atoms with Crippen molar-refractivity contribution in [3.8, 4) is 0 Å². The number of nitrogens with zero attached hydrogens (tertiary/aromatic N) is 2. The van der Waals surface area contributed by atoms with Crippen molar-refractivity contribution in [3.05, 3.63) is 11.6 Å². The molecular weight excluding hydrogens is 272 g/mol. The molecular formula is C15H24N2O4. The first kappa shape index (κ1) is 15.8. The number of ether oxygens (including phenoxy) is 1. The van der Waals surface area contributed by atoms with Crippen molar-refractivity contribution in [2.24, 2.45) is 5.92 Å². The number of hydrogen-bond acceptors (Lipinski definition) is 3. The summed E-state index contributed by atoms with van der Waals surface area (Å²) in [5.74, 6) is -1.51. The van der Waals surface area contributed by atoms with Gasteiger partial charge >= 0.3 is 12.0 Å². The molecule has 0 aromatic carbocycles. The van der Waals surface area contributed by atoms with Gasteiger partial charge in [0.2, 0.25) is 0 Å². The molecule has 1 N–H and O–H groups in total. The van der Waals surface area contributed by atoms with E-state index in [1.165, 1.54) is 5.57 Å². The van der Waals surface area contributed by atoms with Crippen LogP contribution in [0.4, 0.5) is 4.79 Å². The second-order valence-corrected chi connectivity index (χ2v) is 5.79. The number of carbonyl (C=O) groups is 2. The van der Waals surface area contributed by atoms with Crippen LogP contribution in [-0.2, 0) is 9.53 Å². The molecule has 2 heterocycles. The van der Waals surface area contributed by atoms with Gasteiger partial charge in [0.1, 0.15) is 5.92 Å². The number of rotatable bonds is 4. The molecule has 0 aromatic heterocycles. The molecule has 0 saturated carbocycles. The molecule has 0 aliphatic carbocycles. The number of amides is 2. The summed E-state index contributed by atoms with van der Waals surface area (Å²) in [6, 6.07) is -0.424. The molecule has 2 atom stereocenters. The number of aliphatic carboxylic acids is 1. The minimum atomic E-state index is -0.888. The first-order valence-corrected chi connectivity index (χ1v) is 7.56. The maximum absolute atomic E-state index is 12.8. The predicted octanol–water partition coefficient (Wildman–Crippen LogP) is 1.57. The Balaban J connectivity index is 2.12. The highest BCUT2D eigenvalue weighted by atomic mass is 16.5. The minimum absolute atomic E-state index is 0.0638. The smallest absolute Gasteiger partial charge is 0.320 e. The van der Waals surface area contributed by atoms with E-state index in [0.29, 0.717) is 26.2 Å². The summed E-state index contributed by atoms with van der Waals surface area (Å²) in [4.78, 5) is 27.6. The van der Waals surface area contributed by atoms with Crippen molar-refractivity contribution in [1.82, 2.24) is 9.80 Å². The zero-order chi connectivity index (χ0) is 15.4. The highest BCUT2D eigenvalue weighted by Gasteiger charge is 2.41. The number of carboxylic acid groups (broad SMARTS) is 1. The molecule has 2 aliphatic heterocycles. The van der Waals surface area contributed by atoms with Crippen LogP contribution in [0.3, 0.4) is 0 Å². The topological polar surface area (TPSA) is 70.1 Å². The molecule has 0 aromatic rings. The van der Waals surface area contributed by atoms with Gasteiger partial charge in [0.25, 0.3) is 0 Å². The third-order valence-corrected chi connectivity index (χ3v) is 4.08. The second kappa shape index (κ2) is 6.93. The van der Waals surface area contributed by atoms with E-state index >= 15 is 0 Å². The van der Waals surface area contributed by atoms with E-state index in [1.54, 1.807) is 4.90 Å². The van der Waals surface area contributed by atoms with Crippen LogP contribution < -0.4 is 0 Å². The van der Waals surface area contributed by atoms with Crippen molar-refractivity contribution in [3.63, 3.8) is 0 Å². The molecule has 1 fully saturated rings. The third-order valence-electron chi connectivity index (χ3n) is 4.08. The van der Waals surface area contributed by atoms with Crippen molar-refractivity contribution >= 4 is 12.0 Å². The molecule has 2 aliphatic rings. The van der Waals surface area contributed by atoms with Crippen LogP contribution in [0.1, 0.15) is 26.7 Å². The Morgan fingerprint density at radius 1 is 1.48 bits per heavy atom. The number of carboxylic acids is 1. The molecule has 2 amide bonds. The molecule has 2 rings (SSSR count). The van der Waals surface area contributed by atoms with E-state index in [1.807, 2.05) is 18.7 Å². The summed E-state index contributed by atoms with van der Waals surface area (Å²) in [7, 11) is 0. The Morgan fingerprint density at radius 3 is 2.86 bits per heavy atom. The van der Waals surface area contributed by atoms with Gasteiger partial charge in [-0.25, -0.2) is 4.79 Å². The summed E-state index contributed by atoms with van der Waals surface area (Å²) >= 11 is 0. The fraction of sp³-hybridized carbons (Fsp3) is 0.733. The zero-order valence-electron chi connectivity index (χ0n) is 12.7. The second-order valence-electron chi connectivity index (χ2n) is 5.79. The third kappa shape index (κ3) is 3.56. The Hall–Kier alpha value is -1.56. The van der Waals surface area contributed by atoms with E-state index in [2.05, 4.69) is 6.08 Å². The highest BCUT2D eigenvalue weighted by Crippen LogP contribution is 2.23. The summed E-state index contributed by atoms with van der Waals surface area (Å²) in [6.07, 6.45) is 3.81. The summed E-state index contributed by atoms with van der Waals surface area (Å²) < 4.78 is 5.31. The lowest BCUT2D eigenvalue weighted by Gasteiger charge is -2.36. The molecule has 0 spiro atoms. The minimum Gasteiger partial charge on any atom is -0.481 e. The zero-order valence-corrected chi connectivity index (χ0v) is 12.7. The Kier molecular flexibility index (Phi) is 5.22. The van der Waals surface area contributed by atoms with Crippen LogP contribution in [0.25, 0.3) is 0 Å². The molecule has 6 heteroatoms. The van der Waals surface area contributed by atoms with Crippen LogP contribution in [0.2, 0.25) is 0 Å². The SMILES string of the molecule is CCCN(C(=O)N1CCC=C(C)C1)C1COCC1C(=O)O. The normalized spacial score (nSPS) is 25.6. The van der Waals surface area contributed by atoms with E-state index in [4.69, 9.17) is 4.74 Å². The van der Waals surface area contributed by atoms with Gasteiger partial charge < -0.3 is 19.6 Å². The van der Waals surface area contributed by atoms with E-state index in [9.17, 15) is 14.7 Å². The van der Waals surface area contributed by atoms with Crippen molar-refractivity contribution in [2.45, 2.75) is 32.7 Å². The number of urea groups is 1. The fourth-order valence-corrected chi connectivity index (χ4v) is 2.99. The lowest BCUT2D eigenvalue weighted by atomic mass is 10.0. The van der Waals surface area contributed by atoms with Crippen LogP contribution in [0, 0.1) is 5.92 Å². The lowest BCUT2D eigenvalue weighted by molar-refractivity contribution is -0.142. The van der Waals surface area contributed by atoms with Gasteiger partial charge in [-0.2, -0.15) is 0 Å². The first-order valence-electron chi connectivity index (χ1n) is 7.56. The molecule has 21 heavy (non-hydrogen) atoms. The molecule has 1 saturated heterocycles. The van der Waals surface area contributed by atoms with Gasteiger partial charge in [0.15, 0.2) is 0 Å². The van der Waals surface area contributed by atoms with Crippen molar-refractivity contribution < 1.29 is 19.4 Å². The van der Waals surface area contributed by atoms with E-state index < -0.39 is 11.9 Å². The summed E-state index contributed by atoms with van der Waals surface area (Å²) in [6.45, 7) is 6.40. The van der Waals surface area contributed by atoms with Crippen LogP contribution in [0.15, 0.2) is 11.6 Å². The highest BCUT2D eigenvalue weighted by molar-refractivity contribution is 5.78. The monoisotopic (exact) mass is 296 g/mol. The average molecular weight is 296 g/mol. The largest absolute Gasteiger partial charge is 0.481 e. The van der Waals surface area contributed by atoms with E-state index in [-0.39, 0.29) is 18.7 Å². The van der Waals surface area contributed by atoms with Gasteiger partial charge in [-0.05, 0) is 19.8 Å². The molecule has 0 radical (unpaired) electrons. The number of carbonyl (C=O) groups excluding carboxylic acids is 1. The van der Waals surface area contributed by atoms with Crippen molar-refractivity contribution in [1.29, 1.82) is 0 Å². The van der Waals surface area contributed by atoms with Gasteiger partial charge in [-0.15, -0.1) is 0 Å². The van der Waals surface area contributed by atoms with E-state index in [0.717, 1.165) is 12.8 Å². The predicted molar refractivity (Wildman–Crippen MR) is 78.1 cm³/mol. The van der Waals surface area contributed by atoms with Crippen molar-refractivity contribution in [2.75, 3.05) is 32.8 Å². The lowest BCUT2D eigenvalue weighted by Crippen LogP contribution is -2.53. The Morgan fingerprint density at radius 2 is 2.24 bits per heavy atom.